The zero-order valence-electron chi connectivity index (χ0n) is 12.9. The second-order valence-electron chi connectivity index (χ2n) is 5.93. The first-order valence-electron chi connectivity index (χ1n) is 7.67. The summed E-state index contributed by atoms with van der Waals surface area (Å²) in [5, 5.41) is 12.7. The van der Waals surface area contributed by atoms with Crippen LogP contribution in [-0.4, -0.2) is 42.4 Å². The van der Waals surface area contributed by atoms with Crippen LogP contribution in [0.5, 0.6) is 5.75 Å². The normalized spacial score (nSPS) is 17.7. The molecule has 3 heteroatoms. The number of fused-ring (bicyclic) bond motifs is 1. The van der Waals surface area contributed by atoms with Gasteiger partial charge in [0, 0.05) is 25.9 Å². The molecule has 0 aliphatic carbocycles. The van der Waals surface area contributed by atoms with Gasteiger partial charge in [0.25, 0.3) is 0 Å². The highest BCUT2D eigenvalue weighted by Crippen LogP contribution is 2.21. The number of piperidine rings is 1. The third kappa shape index (κ3) is 3.59. The molecule has 1 aliphatic rings. The van der Waals surface area contributed by atoms with Crippen molar-refractivity contribution in [2.24, 2.45) is 0 Å². The lowest BCUT2D eigenvalue weighted by atomic mass is 9.92. The van der Waals surface area contributed by atoms with Gasteiger partial charge >= 0.3 is 0 Å². The first kappa shape index (κ1) is 14.9. The standard InChI is InChI=1S/C19H21NO2/c1-20-12-10-19(21,11-13-20)9-4-14-22-18-8-7-16-5-2-3-6-17(16)15-18/h2-3,5-8,15,21H,10-14H2,1H3. The number of likely N-dealkylation sites (tertiary alicyclic amines) is 1. The molecule has 1 saturated heterocycles. The van der Waals surface area contributed by atoms with E-state index in [-0.39, 0.29) is 0 Å². The predicted molar refractivity (Wildman–Crippen MR) is 88.9 cm³/mol. The molecule has 1 fully saturated rings. The van der Waals surface area contributed by atoms with Crippen molar-refractivity contribution in [3.63, 3.8) is 0 Å². The van der Waals surface area contributed by atoms with Crippen LogP contribution in [0.3, 0.4) is 0 Å². The molecule has 0 amide bonds. The summed E-state index contributed by atoms with van der Waals surface area (Å²) in [6.07, 6.45) is 1.40. The van der Waals surface area contributed by atoms with Gasteiger partial charge in [-0.15, -0.1) is 0 Å². The van der Waals surface area contributed by atoms with Crippen LogP contribution >= 0.6 is 0 Å². The fourth-order valence-corrected chi connectivity index (χ4v) is 2.69. The summed E-state index contributed by atoms with van der Waals surface area (Å²) in [4.78, 5) is 2.21. The molecule has 1 aliphatic heterocycles. The van der Waals surface area contributed by atoms with Crippen molar-refractivity contribution in [2.45, 2.75) is 18.4 Å². The van der Waals surface area contributed by atoms with E-state index in [9.17, 15) is 5.11 Å². The average molecular weight is 295 g/mol. The number of rotatable bonds is 2. The molecule has 3 nitrogen and oxygen atoms in total. The van der Waals surface area contributed by atoms with Gasteiger partial charge in [0.1, 0.15) is 18.0 Å². The first-order valence-corrected chi connectivity index (χ1v) is 7.67. The van der Waals surface area contributed by atoms with Gasteiger partial charge < -0.3 is 14.7 Å². The van der Waals surface area contributed by atoms with Crippen LogP contribution in [0.4, 0.5) is 0 Å². The Morgan fingerprint density at radius 1 is 1.14 bits per heavy atom. The van der Waals surface area contributed by atoms with Gasteiger partial charge in [-0.3, -0.25) is 0 Å². The summed E-state index contributed by atoms with van der Waals surface area (Å²) in [7, 11) is 2.07. The molecule has 0 spiro atoms. The summed E-state index contributed by atoms with van der Waals surface area (Å²) in [5.74, 6) is 6.75. The molecular formula is C19H21NO2. The molecule has 0 radical (unpaired) electrons. The first-order chi connectivity index (χ1) is 10.6. The van der Waals surface area contributed by atoms with Crippen LogP contribution in [0.25, 0.3) is 10.8 Å². The zero-order valence-corrected chi connectivity index (χ0v) is 12.9. The fraction of sp³-hybridized carbons (Fsp3) is 0.368. The number of aliphatic hydroxyl groups is 1. The van der Waals surface area contributed by atoms with E-state index in [0.717, 1.165) is 24.2 Å². The lowest BCUT2D eigenvalue weighted by molar-refractivity contribution is 0.0348. The van der Waals surface area contributed by atoms with Crippen molar-refractivity contribution in [3.8, 4) is 17.6 Å². The minimum Gasteiger partial charge on any atom is -0.481 e. The Morgan fingerprint density at radius 3 is 2.64 bits per heavy atom. The van der Waals surface area contributed by atoms with E-state index in [4.69, 9.17) is 4.74 Å². The summed E-state index contributed by atoms with van der Waals surface area (Å²) in [6, 6.07) is 14.2. The quantitative estimate of drug-likeness (QED) is 0.865. The molecule has 0 saturated carbocycles. The van der Waals surface area contributed by atoms with Crippen molar-refractivity contribution in [1.29, 1.82) is 0 Å². The summed E-state index contributed by atoms with van der Waals surface area (Å²) < 4.78 is 5.68. The second kappa shape index (κ2) is 6.39. The molecule has 1 N–H and O–H groups in total. The Bertz CT molecular complexity index is 706. The van der Waals surface area contributed by atoms with Gasteiger partial charge in [-0.1, -0.05) is 42.2 Å². The summed E-state index contributed by atoms with van der Waals surface area (Å²) >= 11 is 0. The second-order valence-corrected chi connectivity index (χ2v) is 5.93. The maximum absolute atomic E-state index is 10.4. The topological polar surface area (TPSA) is 32.7 Å². The van der Waals surface area contributed by atoms with E-state index in [0.29, 0.717) is 19.4 Å². The minimum absolute atomic E-state index is 0.302. The van der Waals surface area contributed by atoms with Crippen LogP contribution in [0, 0.1) is 11.8 Å². The van der Waals surface area contributed by atoms with Gasteiger partial charge in [0.05, 0.1) is 0 Å². The van der Waals surface area contributed by atoms with Gasteiger partial charge in [-0.25, -0.2) is 0 Å². The SMILES string of the molecule is CN1CCC(O)(C#CCOc2ccc3ccccc3c2)CC1. The van der Waals surface area contributed by atoms with E-state index >= 15 is 0 Å². The van der Waals surface area contributed by atoms with Crippen molar-refractivity contribution in [3.05, 3.63) is 42.5 Å². The van der Waals surface area contributed by atoms with Gasteiger partial charge in [0.2, 0.25) is 0 Å². The molecule has 1 heterocycles. The predicted octanol–water partition coefficient (Wildman–Crippen LogP) is 2.68. The fourth-order valence-electron chi connectivity index (χ4n) is 2.69. The molecular weight excluding hydrogens is 274 g/mol. The lowest BCUT2D eigenvalue weighted by Gasteiger charge is -2.32. The van der Waals surface area contributed by atoms with Gasteiger partial charge in [-0.2, -0.15) is 0 Å². The highest BCUT2D eigenvalue weighted by Gasteiger charge is 2.28. The summed E-state index contributed by atoms with van der Waals surface area (Å²) in [5.41, 5.74) is -0.848. The highest BCUT2D eigenvalue weighted by molar-refractivity contribution is 5.83. The molecule has 22 heavy (non-hydrogen) atoms. The van der Waals surface area contributed by atoms with Crippen LogP contribution in [0.15, 0.2) is 42.5 Å². The van der Waals surface area contributed by atoms with E-state index in [2.05, 4.69) is 35.9 Å². The Morgan fingerprint density at radius 2 is 1.86 bits per heavy atom. The lowest BCUT2D eigenvalue weighted by Crippen LogP contribution is -2.41. The number of benzene rings is 2. The van der Waals surface area contributed by atoms with Crippen molar-refractivity contribution < 1.29 is 9.84 Å². The number of ether oxygens (including phenoxy) is 1. The number of nitrogens with zero attached hydrogens (tertiary/aromatic N) is 1. The maximum Gasteiger partial charge on any atom is 0.149 e. The third-order valence-corrected chi connectivity index (χ3v) is 4.17. The van der Waals surface area contributed by atoms with E-state index in [1.165, 1.54) is 5.39 Å². The zero-order chi connectivity index (χ0) is 15.4. The monoisotopic (exact) mass is 295 g/mol. The molecule has 3 rings (SSSR count). The molecule has 0 bridgehead atoms. The van der Waals surface area contributed by atoms with Crippen LogP contribution in [0.2, 0.25) is 0 Å². The van der Waals surface area contributed by atoms with Crippen LogP contribution in [-0.2, 0) is 0 Å². The van der Waals surface area contributed by atoms with Crippen molar-refractivity contribution in [2.75, 3.05) is 26.7 Å². The number of hydrogen-bond donors (Lipinski definition) is 1. The summed E-state index contributed by atoms with van der Waals surface area (Å²) in [6.45, 7) is 2.07. The van der Waals surface area contributed by atoms with E-state index in [1.807, 2.05) is 30.3 Å². The Kier molecular flexibility index (Phi) is 4.33. The Balaban J connectivity index is 1.59. The van der Waals surface area contributed by atoms with Gasteiger partial charge in [0.15, 0.2) is 0 Å². The average Bonchev–Trinajstić information content (AvgIpc) is 2.55. The number of hydrogen-bond acceptors (Lipinski definition) is 3. The largest absolute Gasteiger partial charge is 0.481 e. The Hall–Kier alpha value is -2.02. The molecule has 2 aromatic rings. The van der Waals surface area contributed by atoms with Gasteiger partial charge in [-0.05, 0) is 30.0 Å². The Labute approximate surface area is 131 Å². The maximum atomic E-state index is 10.4. The minimum atomic E-state index is -0.848. The molecule has 0 atom stereocenters. The van der Waals surface area contributed by atoms with E-state index in [1.54, 1.807) is 0 Å². The third-order valence-electron chi connectivity index (χ3n) is 4.17. The van der Waals surface area contributed by atoms with Crippen molar-refractivity contribution in [1.82, 2.24) is 4.90 Å². The van der Waals surface area contributed by atoms with Crippen molar-refractivity contribution >= 4 is 10.8 Å². The van der Waals surface area contributed by atoms with E-state index < -0.39 is 5.60 Å². The van der Waals surface area contributed by atoms with Crippen LogP contribution in [0.1, 0.15) is 12.8 Å². The highest BCUT2D eigenvalue weighted by atomic mass is 16.5. The smallest absolute Gasteiger partial charge is 0.149 e. The molecule has 0 unspecified atom stereocenters. The molecule has 0 aromatic heterocycles. The molecule has 114 valence electrons. The van der Waals surface area contributed by atoms with Crippen LogP contribution < -0.4 is 4.74 Å². The molecule has 2 aromatic carbocycles.